The molecule has 0 saturated carbocycles. The molecule has 0 unspecified atom stereocenters. The van der Waals surface area contributed by atoms with Gasteiger partial charge >= 0.3 is 6.03 Å². The van der Waals surface area contributed by atoms with Crippen LogP contribution in [0.2, 0.25) is 0 Å². The van der Waals surface area contributed by atoms with Gasteiger partial charge in [-0.2, -0.15) is 0 Å². The Morgan fingerprint density at radius 1 is 0.938 bits per heavy atom. The van der Waals surface area contributed by atoms with Gasteiger partial charge in [-0.05, 0) is 27.7 Å². The van der Waals surface area contributed by atoms with E-state index in [0.717, 1.165) is 0 Å². The van der Waals surface area contributed by atoms with Crippen LogP contribution in [0.4, 0.5) is 4.79 Å². The summed E-state index contributed by atoms with van der Waals surface area (Å²) in [6.07, 6.45) is 0. The number of nitrogens with one attached hydrogen (secondary N) is 1. The molecule has 0 aliphatic rings. The van der Waals surface area contributed by atoms with Gasteiger partial charge in [-0.3, -0.25) is 4.79 Å². The fraction of sp³-hybridized carbons (Fsp3) is 0.818. The fourth-order valence-corrected chi connectivity index (χ4v) is 1.44. The van der Waals surface area contributed by atoms with Crippen molar-refractivity contribution in [1.29, 1.82) is 0 Å². The van der Waals surface area contributed by atoms with Crippen molar-refractivity contribution in [1.82, 2.24) is 15.1 Å². The summed E-state index contributed by atoms with van der Waals surface area (Å²) in [5.74, 6) is -0.107. The van der Waals surface area contributed by atoms with Crippen LogP contribution in [0.5, 0.6) is 0 Å². The first-order valence-corrected chi connectivity index (χ1v) is 5.91. The summed E-state index contributed by atoms with van der Waals surface area (Å²) in [5.41, 5.74) is 0. The van der Waals surface area contributed by atoms with E-state index in [9.17, 15) is 9.59 Å². The van der Waals surface area contributed by atoms with Gasteiger partial charge in [-0.15, -0.1) is 0 Å². The molecule has 0 spiro atoms. The van der Waals surface area contributed by atoms with E-state index >= 15 is 0 Å². The molecule has 1 N–H and O–H groups in total. The lowest BCUT2D eigenvalue weighted by molar-refractivity contribution is -0.121. The molecule has 94 valence electrons. The fourth-order valence-electron chi connectivity index (χ4n) is 1.44. The lowest BCUT2D eigenvalue weighted by Crippen LogP contribution is -2.47. The highest BCUT2D eigenvalue weighted by Crippen LogP contribution is 1.98. The molecule has 0 aromatic rings. The lowest BCUT2D eigenvalue weighted by atomic mass is 10.4. The Labute approximate surface area is 97.8 Å². The first kappa shape index (κ1) is 14.7. The van der Waals surface area contributed by atoms with Crippen molar-refractivity contribution in [3.8, 4) is 0 Å². The summed E-state index contributed by atoms with van der Waals surface area (Å²) in [6, 6.07) is -0.0706. The third-order valence-electron chi connectivity index (χ3n) is 2.39. The van der Waals surface area contributed by atoms with Crippen molar-refractivity contribution in [3.05, 3.63) is 0 Å². The van der Waals surface area contributed by atoms with E-state index in [-0.39, 0.29) is 18.5 Å². The van der Waals surface area contributed by atoms with Gasteiger partial charge in [0.1, 0.15) is 6.54 Å². The van der Waals surface area contributed by atoms with E-state index < -0.39 is 0 Å². The van der Waals surface area contributed by atoms with Gasteiger partial charge in [0.15, 0.2) is 0 Å². The summed E-state index contributed by atoms with van der Waals surface area (Å²) in [5, 5.41) is 2.69. The van der Waals surface area contributed by atoms with Crippen LogP contribution in [-0.4, -0.2) is 54.5 Å². The standard InChI is InChI=1S/C11H23N3O2/c1-5-12-10(15)9-14(8-4)11(16)13(6-2)7-3/h5-9H2,1-4H3,(H,12,15). The number of hydrogen-bond donors (Lipinski definition) is 1. The van der Waals surface area contributed by atoms with Gasteiger partial charge in [-0.1, -0.05) is 0 Å². The molecule has 0 saturated heterocycles. The second-order valence-corrected chi connectivity index (χ2v) is 3.42. The Morgan fingerprint density at radius 2 is 1.44 bits per heavy atom. The predicted molar refractivity (Wildman–Crippen MR) is 64.2 cm³/mol. The Bertz CT molecular complexity index is 227. The van der Waals surface area contributed by atoms with Crippen molar-refractivity contribution in [2.45, 2.75) is 27.7 Å². The van der Waals surface area contributed by atoms with Crippen molar-refractivity contribution < 1.29 is 9.59 Å². The zero-order valence-electron chi connectivity index (χ0n) is 10.7. The number of likely N-dealkylation sites (N-methyl/N-ethyl adjacent to an activating group) is 2. The number of nitrogens with zero attached hydrogens (tertiary/aromatic N) is 2. The summed E-state index contributed by atoms with van der Waals surface area (Å²) in [7, 11) is 0. The largest absolute Gasteiger partial charge is 0.355 e. The SMILES string of the molecule is CCNC(=O)CN(CC)C(=O)N(CC)CC. The molecular weight excluding hydrogens is 206 g/mol. The summed E-state index contributed by atoms with van der Waals surface area (Å²) in [4.78, 5) is 26.6. The molecule has 5 nitrogen and oxygen atoms in total. The number of urea groups is 1. The molecule has 3 amide bonds. The third-order valence-corrected chi connectivity index (χ3v) is 2.39. The van der Waals surface area contributed by atoms with Gasteiger partial charge < -0.3 is 15.1 Å². The first-order valence-electron chi connectivity index (χ1n) is 5.91. The molecule has 0 atom stereocenters. The maximum Gasteiger partial charge on any atom is 0.320 e. The summed E-state index contributed by atoms with van der Waals surface area (Å²) >= 11 is 0. The maximum atomic E-state index is 11.9. The predicted octanol–water partition coefficient (Wildman–Crippen LogP) is 0.906. The van der Waals surface area contributed by atoms with E-state index in [1.165, 1.54) is 0 Å². The van der Waals surface area contributed by atoms with Crippen LogP contribution in [0.3, 0.4) is 0 Å². The van der Waals surface area contributed by atoms with Crippen LogP contribution in [0, 0.1) is 0 Å². The zero-order valence-corrected chi connectivity index (χ0v) is 10.7. The van der Waals surface area contributed by atoms with Crippen LogP contribution >= 0.6 is 0 Å². The maximum absolute atomic E-state index is 11.9. The monoisotopic (exact) mass is 229 g/mol. The molecule has 16 heavy (non-hydrogen) atoms. The number of carbonyl (C=O) groups excluding carboxylic acids is 2. The Balaban J connectivity index is 4.36. The third kappa shape index (κ3) is 4.51. The second kappa shape index (κ2) is 7.96. The number of hydrogen-bond acceptors (Lipinski definition) is 2. The van der Waals surface area contributed by atoms with E-state index in [4.69, 9.17) is 0 Å². The number of rotatable bonds is 6. The van der Waals surface area contributed by atoms with Crippen LogP contribution < -0.4 is 5.32 Å². The van der Waals surface area contributed by atoms with Crippen LogP contribution in [0.1, 0.15) is 27.7 Å². The minimum absolute atomic E-state index is 0.0706. The quantitative estimate of drug-likeness (QED) is 0.736. The van der Waals surface area contributed by atoms with E-state index in [1.54, 1.807) is 9.80 Å². The van der Waals surface area contributed by atoms with Gasteiger partial charge in [-0.25, -0.2) is 4.79 Å². The Hall–Kier alpha value is -1.26. The molecule has 0 aliphatic carbocycles. The average Bonchev–Trinajstić information content (AvgIpc) is 2.27. The minimum atomic E-state index is -0.107. The van der Waals surface area contributed by atoms with Crippen LogP contribution in [-0.2, 0) is 4.79 Å². The molecule has 0 heterocycles. The molecule has 0 aromatic carbocycles. The number of carbonyl (C=O) groups is 2. The first-order chi connectivity index (χ1) is 7.60. The topological polar surface area (TPSA) is 52.7 Å². The lowest BCUT2D eigenvalue weighted by Gasteiger charge is -2.27. The molecule has 0 rings (SSSR count). The van der Waals surface area contributed by atoms with Crippen molar-refractivity contribution >= 4 is 11.9 Å². The van der Waals surface area contributed by atoms with Crippen molar-refractivity contribution in [2.24, 2.45) is 0 Å². The zero-order chi connectivity index (χ0) is 12.6. The molecule has 0 aromatic heterocycles. The van der Waals surface area contributed by atoms with Crippen LogP contribution in [0.25, 0.3) is 0 Å². The van der Waals surface area contributed by atoms with Gasteiger partial charge in [0, 0.05) is 26.2 Å². The van der Waals surface area contributed by atoms with Crippen molar-refractivity contribution in [2.75, 3.05) is 32.7 Å². The summed E-state index contributed by atoms with van der Waals surface area (Å²) in [6.45, 7) is 10.2. The highest BCUT2D eigenvalue weighted by molar-refractivity contribution is 5.84. The van der Waals surface area contributed by atoms with Crippen molar-refractivity contribution in [3.63, 3.8) is 0 Å². The average molecular weight is 229 g/mol. The molecule has 0 bridgehead atoms. The van der Waals surface area contributed by atoms with Gasteiger partial charge in [0.25, 0.3) is 0 Å². The van der Waals surface area contributed by atoms with Gasteiger partial charge in [0.05, 0.1) is 0 Å². The Morgan fingerprint density at radius 3 is 1.81 bits per heavy atom. The smallest absolute Gasteiger partial charge is 0.320 e. The van der Waals surface area contributed by atoms with Gasteiger partial charge in [0.2, 0.25) is 5.91 Å². The minimum Gasteiger partial charge on any atom is -0.355 e. The summed E-state index contributed by atoms with van der Waals surface area (Å²) < 4.78 is 0. The molecule has 0 radical (unpaired) electrons. The second-order valence-electron chi connectivity index (χ2n) is 3.42. The normalized spacial score (nSPS) is 9.75. The van der Waals surface area contributed by atoms with Crippen LogP contribution in [0.15, 0.2) is 0 Å². The van der Waals surface area contributed by atoms with E-state index in [1.807, 2.05) is 27.7 Å². The highest BCUT2D eigenvalue weighted by atomic mass is 16.2. The van der Waals surface area contributed by atoms with E-state index in [0.29, 0.717) is 26.2 Å². The number of amides is 3. The molecule has 0 aliphatic heterocycles. The van der Waals surface area contributed by atoms with E-state index in [2.05, 4.69) is 5.32 Å². The molecule has 5 heteroatoms. The highest BCUT2D eigenvalue weighted by Gasteiger charge is 2.19. The molecule has 0 fully saturated rings. The Kier molecular flexibility index (Phi) is 7.33. The molecular formula is C11H23N3O2.